The third-order valence-corrected chi connectivity index (χ3v) is 2.69. The second-order valence-electron chi connectivity index (χ2n) is 2.75. The van der Waals surface area contributed by atoms with Gasteiger partial charge in [0.1, 0.15) is 10.7 Å². The van der Waals surface area contributed by atoms with Crippen molar-refractivity contribution in [1.82, 2.24) is 15.4 Å². The zero-order valence-electron chi connectivity index (χ0n) is 7.68. The van der Waals surface area contributed by atoms with E-state index in [4.69, 9.17) is 5.84 Å². The normalized spacial score (nSPS) is 9.93. The Bertz CT molecular complexity index is 468. The van der Waals surface area contributed by atoms with Crippen LogP contribution in [0.2, 0.25) is 0 Å². The topological polar surface area (TPSA) is 80.9 Å². The third kappa shape index (κ3) is 2.00. The fourth-order valence-electron chi connectivity index (χ4n) is 1.08. The molecule has 0 atom stereocenters. The van der Waals surface area contributed by atoms with Crippen LogP contribution >= 0.6 is 11.3 Å². The Morgan fingerprint density at radius 1 is 1.40 bits per heavy atom. The van der Waals surface area contributed by atoms with Crippen molar-refractivity contribution in [1.29, 1.82) is 0 Å². The number of nitrogens with zero attached hydrogens (tertiary/aromatic N) is 2. The number of hydrogen-bond donors (Lipinski definition) is 2. The van der Waals surface area contributed by atoms with E-state index in [2.05, 4.69) is 9.97 Å². The van der Waals surface area contributed by atoms with Crippen LogP contribution in [0.4, 0.5) is 0 Å². The summed E-state index contributed by atoms with van der Waals surface area (Å²) in [6.45, 7) is 0. The van der Waals surface area contributed by atoms with E-state index in [1.807, 2.05) is 17.6 Å². The Morgan fingerprint density at radius 2 is 2.13 bits per heavy atom. The van der Waals surface area contributed by atoms with Crippen LogP contribution in [-0.4, -0.2) is 15.9 Å². The summed E-state index contributed by atoms with van der Waals surface area (Å²) in [5.41, 5.74) is 3.30. The number of carbonyl (C=O) groups excluding carboxylic acids is 1. The Balaban J connectivity index is 2.32. The van der Waals surface area contributed by atoms with Gasteiger partial charge in [0.05, 0.1) is 0 Å². The summed E-state index contributed by atoms with van der Waals surface area (Å²) in [6.07, 6.45) is 3.36. The summed E-state index contributed by atoms with van der Waals surface area (Å²) in [6, 6.07) is 3.67. The van der Waals surface area contributed by atoms with Crippen molar-refractivity contribution in [2.45, 2.75) is 0 Å². The molecule has 0 bridgehead atoms. The van der Waals surface area contributed by atoms with Crippen LogP contribution in [0, 0.1) is 0 Å². The molecule has 0 saturated carbocycles. The van der Waals surface area contributed by atoms with Gasteiger partial charge < -0.3 is 0 Å². The summed E-state index contributed by atoms with van der Waals surface area (Å²) in [5.74, 6) is 4.62. The highest BCUT2D eigenvalue weighted by atomic mass is 32.1. The van der Waals surface area contributed by atoms with Gasteiger partial charge in [0, 0.05) is 23.3 Å². The van der Waals surface area contributed by atoms with Crippen LogP contribution in [0.5, 0.6) is 0 Å². The number of carbonyl (C=O) groups is 1. The largest absolute Gasteiger partial charge is 0.289 e. The number of nitrogens with two attached hydrogens (primary N) is 1. The van der Waals surface area contributed by atoms with Gasteiger partial charge in [0.25, 0.3) is 5.91 Å². The smallest absolute Gasteiger partial charge is 0.284 e. The van der Waals surface area contributed by atoms with Crippen LogP contribution in [0.25, 0.3) is 10.6 Å². The first kappa shape index (κ1) is 9.75. The Labute approximate surface area is 90.0 Å². The molecule has 1 amide bonds. The maximum atomic E-state index is 11.2. The molecule has 2 heterocycles. The minimum atomic E-state index is -0.383. The van der Waals surface area contributed by atoms with Crippen molar-refractivity contribution < 1.29 is 4.79 Å². The lowest BCUT2D eigenvalue weighted by molar-refractivity contribution is 0.0949. The zero-order chi connectivity index (χ0) is 10.7. The molecule has 3 N–H and O–H groups in total. The first-order chi connectivity index (χ1) is 7.31. The number of thiazole rings is 1. The fourth-order valence-corrected chi connectivity index (χ4v) is 1.89. The first-order valence-electron chi connectivity index (χ1n) is 4.18. The quantitative estimate of drug-likeness (QED) is 0.446. The molecule has 0 aromatic carbocycles. The number of hydrogen-bond acceptors (Lipinski definition) is 5. The lowest BCUT2D eigenvalue weighted by atomic mass is 10.3. The summed E-state index contributed by atoms with van der Waals surface area (Å²) >= 11 is 1.39. The number of nitrogens with one attached hydrogen (secondary N) is 1. The van der Waals surface area contributed by atoms with Gasteiger partial charge in [-0.05, 0) is 12.1 Å². The van der Waals surface area contributed by atoms with Gasteiger partial charge in [-0.15, -0.1) is 11.3 Å². The molecule has 0 aliphatic rings. The molecule has 0 aliphatic heterocycles. The Hall–Kier alpha value is -1.79. The molecule has 5 nitrogen and oxygen atoms in total. The fraction of sp³-hybridized carbons (Fsp3) is 0. The SMILES string of the molecule is NNC(=O)c1csc(-c2ccncc2)n1. The maximum absolute atomic E-state index is 11.2. The predicted octanol–water partition coefficient (Wildman–Crippen LogP) is 0.809. The summed E-state index contributed by atoms with van der Waals surface area (Å²) in [7, 11) is 0. The number of amides is 1. The summed E-state index contributed by atoms with van der Waals surface area (Å²) < 4.78 is 0. The highest BCUT2D eigenvalue weighted by molar-refractivity contribution is 7.13. The molecule has 15 heavy (non-hydrogen) atoms. The first-order valence-corrected chi connectivity index (χ1v) is 5.06. The van der Waals surface area contributed by atoms with E-state index < -0.39 is 0 Å². The molecule has 2 aromatic heterocycles. The second-order valence-corrected chi connectivity index (χ2v) is 3.61. The van der Waals surface area contributed by atoms with Crippen LogP contribution in [0.1, 0.15) is 10.5 Å². The van der Waals surface area contributed by atoms with E-state index in [1.54, 1.807) is 17.8 Å². The van der Waals surface area contributed by atoms with Crippen LogP contribution in [-0.2, 0) is 0 Å². The maximum Gasteiger partial charge on any atom is 0.284 e. The lowest BCUT2D eigenvalue weighted by Gasteiger charge is -1.94. The van der Waals surface area contributed by atoms with E-state index >= 15 is 0 Å². The second kappa shape index (κ2) is 4.16. The Morgan fingerprint density at radius 3 is 2.80 bits per heavy atom. The number of aromatic nitrogens is 2. The number of hydrazine groups is 1. The predicted molar refractivity (Wildman–Crippen MR) is 57.0 cm³/mol. The molecule has 0 saturated heterocycles. The summed E-state index contributed by atoms with van der Waals surface area (Å²) in [5, 5.41) is 2.44. The van der Waals surface area contributed by atoms with Crippen molar-refractivity contribution in [3.8, 4) is 10.6 Å². The average molecular weight is 220 g/mol. The number of rotatable bonds is 2. The monoisotopic (exact) mass is 220 g/mol. The van der Waals surface area contributed by atoms with Crippen LogP contribution in [0.3, 0.4) is 0 Å². The molecular formula is C9H8N4OS. The van der Waals surface area contributed by atoms with Crippen molar-refractivity contribution in [3.05, 3.63) is 35.6 Å². The number of pyridine rings is 1. The highest BCUT2D eigenvalue weighted by Crippen LogP contribution is 2.22. The molecule has 2 aromatic rings. The van der Waals surface area contributed by atoms with Crippen molar-refractivity contribution >= 4 is 17.2 Å². The molecule has 0 aliphatic carbocycles. The molecule has 0 fully saturated rings. The Kier molecular flexibility index (Phi) is 2.70. The van der Waals surface area contributed by atoms with Crippen molar-refractivity contribution in [2.24, 2.45) is 5.84 Å². The van der Waals surface area contributed by atoms with Gasteiger partial charge in [0.15, 0.2) is 0 Å². The van der Waals surface area contributed by atoms with E-state index in [-0.39, 0.29) is 5.91 Å². The van der Waals surface area contributed by atoms with Crippen molar-refractivity contribution in [3.63, 3.8) is 0 Å². The molecule has 6 heteroatoms. The van der Waals surface area contributed by atoms with Gasteiger partial charge in [-0.25, -0.2) is 10.8 Å². The molecule has 0 spiro atoms. The van der Waals surface area contributed by atoms with Gasteiger partial charge in [-0.2, -0.15) is 0 Å². The third-order valence-electron chi connectivity index (χ3n) is 1.80. The molecule has 76 valence electrons. The van der Waals surface area contributed by atoms with E-state index in [0.29, 0.717) is 5.69 Å². The van der Waals surface area contributed by atoms with Crippen molar-refractivity contribution in [2.75, 3.05) is 0 Å². The van der Waals surface area contributed by atoms with Gasteiger partial charge >= 0.3 is 0 Å². The minimum absolute atomic E-state index is 0.328. The summed E-state index contributed by atoms with van der Waals surface area (Å²) in [4.78, 5) is 19.2. The minimum Gasteiger partial charge on any atom is -0.289 e. The van der Waals surface area contributed by atoms with Gasteiger partial charge in [0.2, 0.25) is 0 Å². The molecule has 0 radical (unpaired) electrons. The molecular weight excluding hydrogens is 212 g/mol. The van der Waals surface area contributed by atoms with E-state index in [1.165, 1.54) is 11.3 Å². The molecule has 2 rings (SSSR count). The number of nitrogen functional groups attached to an aromatic ring is 1. The molecule has 0 unspecified atom stereocenters. The van der Waals surface area contributed by atoms with E-state index in [9.17, 15) is 4.79 Å². The lowest BCUT2D eigenvalue weighted by Crippen LogP contribution is -2.30. The van der Waals surface area contributed by atoms with Gasteiger partial charge in [-0.3, -0.25) is 15.2 Å². The average Bonchev–Trinajstić information content (AvgIpc) is 2.78. The van der Waals surface area contributed by atoms with Gasteiger partial charge in [-0.1, -0.05) is 0 Å². The standard InChI is InChI=1S/C9H8N4OS/c10-13-8(14)7-5-15-9(12-7)6-1-3-11-4-2-6/h1-5H,10H2,(H,13,14). The van der Waals surface area contributed by atoms with E-state index in [0.717, 1.165) is 10.6 Å². The zero-order valence-corrected chi connectivity index (χ0v) is 8.49. The van der Waals surface area contributed by atoms with Crippen LogP contribution in [0.15, 0.2) is 29.9 Å². The highest BCUT2D eigenvalue weighted by Gasteiger charge is 2.09. The van der Waals surface area contributed by atoms with Crippen LogP contribution < -0.4 is 11.3 Å².